The molecule has 0 aromatic heterocycles. The van der Waals surface area contributed by atoms with E-state index in [9.17, 15) is 8.42 Å². The highest BCUT2D eigenvalue weighted by atomic mass is 35.5. The van der Waals surface area contributed by atoms with E-state index in [-0.39, 0.29) is 0 Å². The number of nitrogens with zero attached hydrogens (tertiary/aromatic N) is 2. The summed E-state index contributed by atoms with van der Waals surface area (Å²) in [5.74, 6) is 0.625. The van der Waals surface area contributed by atoms with Gasteiger partial charge in [-0.15, -0.1) is 0 Å². The third kappa shape index (κ3) is 4.51. The first kappa shape index (κ1) is 18.2. The predicted octanol–water partition coefficient (Wildman–Crippen LogP) is 3.62. The van der Waals surface area contributed by atoms with Crippen LogP contribution in [0.2, 0.25) is 5.02 Å². The van der Waals surface area contributed by atoms with Crippen molar-refractivity contribution in [2.45, 2.75) is 43.4 Å². The van der Waals surface area contributed by atoms with Crippen LogP contribution >= 0.6 is 11.6 Å². The number of hydrogen-bond donors (Lipinski definition) is 0. The Morgan fingerprint density at radius 2 is 1.50 bits per heavy atom. The van der Waals surface area contributed by atoms with Gasteiger partial charge < -0.3 is 4.90 Å². The lowest BCUT2D eigenvalue weighted by Gasteiger charge is -2.34. The van der Waals surface area contributed by atoms with E-state index in [1.807, 2.05) is 0 Å². The first-order valence-corrected chi connectivity index (χ1v) is 10.9. The Kier molecular flexibility index (Phi) is 6.19. The Hall–Kier alpha value is -0.620. The van der Waals surface area contributed by atoms with E-state index in [0.717, 1.165) is 19.4 Å². The van der Waals surface area contributed by atoms with E-state index in [2.05, 4.69) is 4.90 Å². The molecule has 2 fully saturated rings. The molecule has 2 heterocycles. The van der Waals surface area contributed by atoms with Gasteiger partial charge in [0, 0.05) is 24.7 Å². The van der Waals surface area contributed by atoms with Crippen LogP contribution in [0.1, 0.15) is 38.5 Å². The molecule has 0 amide bonds. The lowest BCUT2D eigenvalue weighted by atomic mass is 9.97. The van der Waals surface area contributed by atoms with Crippen LogP contribution in [0.15, 0.2) is 29.2 Å². The minimum Gasteiger partial charge on any atom is -0.303 e. The zero-order valence-corrected chi connectivity index (χ0v) is 15.7. The summed E-state index contributed by atoms with van der Waals surface area (Å²) in [6.07, 6.45) is 7.25. The van der Waals surface area contributed by atoms with Crippen LogP contribution in [0, 0.1) is 5.92 Å². The molecular formula is C18H27ClN2O2S. The lowest BCUT2D eigenvalue weighted by molar-refractivity contribution is 0.186. The van der Waals surface area contributed by atoms with Crippen molar-refractivity contribution in [1.29, 1.82) is 0 Å². The van der Waals surface area contributed by atoms with Crippen molar-refractivity contribution in [3.63, 3.8) is 0 Å². The smallest absolute Gasteiger partial charge is 0.243 e. The van der Waals surface area contributed by atoms with Gasteiger partial charge in [-0.3, -0.25) is 0 Å². The van der Waals surface area contributed by atoms with E-state index in [1.165, 1.54) is 38.8 Å². The van der Waals surface area contributed by atoms with E-state index >= 15 is 0 Å². The van der Waals surface area contributed by atoms with Gasteiger partial charge in [0.15, 0.2) is 0 Å². The van der Waals surface area contributed by atoms with Crippen LogP contribution in [0.5, 0.6) is 0 Å². The van der Waals surface area contributed by atoms with Gasteiger partial charge in [0.05, 0.1) is 4.90 Å². The molecular weight excluding hydrogens is 344 g/mol. The van der Waals surface area contributed by atoms with Crippen LogP contribution in [0.4, 0.5) is 0 Å². The average molecular weight is 371 g/mol. The molecule has 0 N–H and O–H groups in total. The Labute approximate surface area is 150 Å². The van der Waals surface area contributed by atoms with Crippen molar-refractivity contribution in [3.8, 4) is 0 Å². The van der Waals surface area contributed by atoms with Crippen molar-refractivity contribution in [2.75, 3.05) is 32.7 Å². The van der Waals surface area contributed by atoms with E-state index < -0.39 is 10.0 Å². The first-order chi connectivity index (χ1) is 11.6. The third-order valence-electron chi connectivity index (χ3n) is 5.24. The molecule has 1 aromatic rings. The minimum atomic E-state index is -3.38. The van der Waals surface area contributed by atoms with Crippen molar-refractivity contribution in [1.82, 2.24) is 9.21 Å². The number of rotatable bonds is 4. The molecule has 0 aliphatic carbocycles. The minimum absolute atomic E-state index is 0.345. The van der Waals surface area contributed by atoms with Gasteiger partial charge in [-0.2, -0.15) is 4.31 Å². The SMILES string of the molecule is O=S(=O)(c1ccc(Cl)cc1)N1CCC(CN2CCCCCC2)CC1. The number of piperidine rings is 1. The number of hydrogen-bond acceptors (Lipinski definition) is 3. The summed E-state index contributed by atoms with van der Waals surface area (Å²) in [7, 11) is -3.38. The van der Waals surface area contributed by atoms with Crippen LogP contribution < -0.4 is 0 Å². The maximum Gasteiger partial charge on any atom is 0.243 e. The number of sulfonamides is 1. The van der Waals surface area contributed by atoms with Gasteiger partial charge in [-0.05, 0) is 69.0 Å². The van der Waals surface area contributed by atoms with Gasteiger partial charge in [0.25, 0.3) is 0 Å². The van der Waals surface area contributed by atoms with Gasteiger partial charge in [-0.1, -0.05) is 24.4 Å². The standard InChI is InChI=1S/C18H27ClN2O2S/c19-17-5-7-18(8-6-17)24(22,23)21-13-9-16(10-14-21)15-20-11-3-1-2-4-12-20/h5-8,16H,1-4,9-15H2. The molecule has 0 unspecified atom stereocenters. The molecule has 0 saturated carbocycles. The van der Waals surface area contributed by atoms with Crippen molar-refractivity contribution < 1.29 is 8.42 Å². The fourth-order valence-electron chi connectivity index (χ4n) is 3.77. The third-order valence-corrected chi connectivity index (χ3v) is 7.40. The second kappa shape index (κ2) is 8.17. The summed E-state index contributed by atoms with van der Waals surface area (Å²) >= 11 is 5.86. The molecule has 3 rings (SSSR count). The molecule has 24 heavy (non-hydrogen) atoms. The summed E-state index contributed by atoms with van der Waals surface area (Å²) in [5, 5.41) is 0.560. The molecule has 134 valence electrons. The largest absolute Gasteiger partial charge is 0.303 e. The van der Waals surface area contributed by atoms with Gasteiger partial charge in [0.1, 0.15) is 0 Å². The van der Waals surface area contributed by atoms with Gasteiger partial charge in [0.2, 0.25) is 10.0 Å². The van der Waals surface area contributed by atoms with E-state index in [0.29, 0.717) is 28.9 Å². The summed E-state index contributed by atoms with van der Waals surface area (Å²) in [5.41, 5.74) is 0. The topological polar surface area (TPSA) is 40.6 Å². The number of likely N-dealkylation sites (tertiary alicyclic amines) is 1. The van der Waals surface area contributed by atoms with Crippen LogP contribution in [0.25, 0.3) is 0 Å². The second-order valence-corrected chi connectivity index (χ2v) is 9.39. The molecule has 6 heteroatoms. The Balaban J connectivity index is 1.55. The Bertz CT molecular complexity index is 617. The fraction of sp³-hybridized carbons (Fsp3) is 0.667. The van der Waals surface area contributed by atoms with Crippen molar-refractivity contribution in [2.24, 2.45) is 5.92 Å². The van der Waals surface area contributed by atoms with Gasteiger partial charge in [-0.25, -0.2) is 8.42 Å². The molecule has 0 bridgehead atoms. The predicted molar refractivity (Wildman–Crippen MR) is 97.8 cm³/mol. The number of halogens is 1. The van der Waals surface area contributed by atoms with Gasteiger partial charge >= 0.3 is 0 Å². The molecule has 1 aromatic carbocycles. The summed E-state index contributed by atoms with van der Waals surface area (Å²) in [6, 6.07) is 6.48. The van der Waals surface area contributed by atoms with Crippen LogP contribution in [-0.4, -0.2) is 50.3 Å². The highest BCUT2D eigenvalue weighted by Crippen LogP contribution is 2.25. The first-order valence-electron chi connectivity index (χ1n) is 9.04. The fourth-order valence-corrected chi connectivity index (χ4v) is 5.37. The summed E-state index contributed by atoms with van der Waals surface area (Å²) < 4.78 is 27.1. The zero-order valence-electron chi connectivity index (χ0n) is 14.2. The molecule has 0 spiro atoms. The van der Waals surface area contributed by atoms with Crippen LogP contribution in [0.3, 0.4) is 0 Å². The average Bonchev–Trinajstić information content (AvgIpc) is 2.84. The van der Waals surface area contributed by atoms with Crippen molar-refractivity contribution >= 4 is 21.6 Å². The highest BCUT2D eigenvalue weighted by Gasteiger charge is 2.30. The maximum atomic E-state index is 12.7. The quantitative estimate of drug-likeness (QED) is 0.812. The van der Waals surface area contributed by atoms with E-state index in [4.69, 9.17) is 11.6 Å². The van der Waals surface area contributed by atoms with Crippen molar-refractivity contribution in [3.05, 3.63) is 29.3 Å². The molecule has 0 radical (unpaired) electrons. The normalized spacial score (nSPS) is 22.4. The maximum absolute atomic E-state index is 12.7. The van der Waals surface area contributed by atoms with E-state index in [1.54, 1.807) is 28.6 Å². The second-order valence-electron chi connectivity index (χ2n) is 7.02. The molecule has 0 atom stereocenters. The number of benzene rings is 1. The monoisotopic (exact) mass is 370 g/mol. The highest BCUT2D eigenvalue weighted by molar-refractivity contribution is 7.89. The molecule has 4 nitrogen and oxygen atoms in total. The summed E-state index contributed by atoms with van der Waals surface area (Å²) in [6.45, 7) is 4.81. The zero-order chi connectivity index (χ0) is 17.0. The lowest BCUT2D eigenvalue weighted by Crippen LogP contribution is -2.41. The molecule has 2 aliphatic rings. The molecule has 2 saturated heterocycles. The Morgan fingerprint density at radius 3 is 2.08 bits per heavy atom. The Morgan fingerprint density at radius 1 is 0.917 bits per heavy atom. The molecule has 2 aliphatic heterocycles. The van der Waals surface area contributed by atoms with Crippen LogP contribution in [-0.2, 0) is 10.0 Å². The summed E-state index contributed by atoms with van der Waals surface area (Å²) in [4.78, 5) is 2.93.